The molecule has 0 bridgehead atoms. The Balaban J connectivity index is 2.20. The Morgan fingerprint density at radius 2 is 1.55 bits per heavy atom. The molecule has 0 fully saturated rings. The van der Waals surface area contributed by atoms with Crippen LogP contribution in [0.4, 0.5) is 0 Å². The number of hydrogen-bond donors (Lipinski definition) is 4. The van der Waals surface area contributed by atoms with E-state index in [1.54, 1.807) is 0 Å². The van der Waals surface area contributed by atoms with Crippen molar-refractivity contribution in [1.29, 1.82) is 0 Å². The van der Waals surface area contributed by atoms with Gasteiger partial charge in [0.2, 0.25) is 0 Å². The summed E-state index contributed by atoms with van der Waals surface area (Å²) in [4.78, 5) is 11.7. The van der Waals surface area contributed by atoms with Crippen molar-refractivity contribution < 1.29 is 9.90 Å². The number of hydrazine groups is 1. The van der Waals surface area contributed by atoms with Crippen LogP contribution in [0.15, 0.2) is 64.2 Å². The summed E-state index contributed by atoms with van der Waals surface area (Å²) < 4.78 is 0. The van der Waals surface area contributed by atoms with E-state index >= 15 is 0 Å². The summed E-state index contributed by atoms with van der Waals surface area (Å²) in [6.45, 7) is 2.05. The molecule has 0 aliphatic carbocycles. The van der Waals surface area contributed by atoms with Gasteiger partial charge in [-0.25, -0.2) is 10.6 Å². The number of benzene rings is 2. The summed E-state index contributed by atoms with van der Waals surface area (Å²) in [7, 11) is 0. The summed E-state index contributed by atoms with van der Waals surface area (Å²) in [5.74, 6) is 4.11. The molecule has 0 aromatic heterocycles. The minimum atomic E-state index is -1.21. The first-order valence-corrected chi connectivity index (χ1v) is 7.37. The molecule has 0 radical (unpaired) electrons. The van der Waals surface area contributed by atoms with Gasteiger partial charge < -0.3 is 16.3 Å². The molecule has 6 N–H and O–H groups in total. The number of carboxylic acids is 1. The molecule has 0 saturated carbocycles. The first kappa shape index (κ1) is 15.9. The maximum atomic E-state index is 10.9. The van der Waals surface area contributed by atoms with Gasteiger partial charge in [-0.05, 0) is 30.2 Å². The monoisotopic (exact) mass is 315 g/mol. The number of aryl methyl sites for hydroxylation is 1. The highest BCUT2D eigenvalue weighted by Crippen LogP contribution is 2.28. The van der Waals surface area contributed by atoms with Crippen LogP contribution in [0.25, 0.3) is 11.1 Å². The predicted octanol–water partition coefficient (Wildman–Crippen LogP) is 2.43. The molecular weight excluding hydrogens is 298 g/mol. The molecule has 22 heavy (non-hydrogen) atoms. The number of carboxylic acid groups (broad SMARTS) is 1. The number of rotatable bonds is 5. The standard InChI is InChI=1S/C16H17N3O2S/c1-10-2-4-11(5-3-10)12-6-8-13(9-7-12)22-15(19-18)14(17)16(20)21/h2-9,19H,17-18H2,1H3,(H,20,21)/b15-14+. The molecule has 114 valence electrons. The van der Waals surface area contributed by atoms with E-state index in [4.69, 9.17) is 16.7 Å². The summed E-state index contributed by atoms with van der Waals surface area (Å²) >= 11 is 1.17. The van der Waals surface area contributed by atoms with Crippen LogP contribution in [0.5, 0.6) is 0 Å². The highest BCUT2D eigenvalue weighted by atomic mass is 32.2. The third-order valence-electron chi connectivity index (χ3n) is 3.07. The lowest BCUT2D eigenvalue weighted by Crippen LogP contribution is -2.26. The number of nitrogens with two attached hydrogens (primary N) is 2. The summed E-state index contributed by atoms with van der Waals surface area (Å²) in [5, 5.41) is 9.09. The van der Waals surface area contributed by atoms with Crippen LogP contribution in [-0.2, 0) is 4.79 Å². The molecule has 5 nitrogen and oxygen atoms in total. The highest BCUT2D eigenvalue weighted by molar-refractivity contribution is 8.03. The lowest BCUT2D eigenvalue weighted by Gasteiger charge is -2.09. The van der Waals surface area contributed by atoms with Gasteiger partial charge in [0.05, 0.1) is 0 Å². The van der Waals surface area contributed by atoms with E-state index in [1.165, 1.54) is 17.3 Å². The van der Waals surface area contributed by atoms with Crippen LogP contribution < -0.4 is 17.0 Å². The SMILES string of the molecule is Cc1ccc(-c2ccc(S/C(NN)=C(/N)C(=O)O)cc2)cc1. The van der Waals surface area contributed by atoms with Gasteiger partial charge in [0.25, 0.3) is 0 Å². The van der Waals surface area contributed by atoms with Gasteiger partial charge in [0.15, 0.2) is 0 Å². The van der Waals surface area contributed by atoms with Crippen molar-refractivity contribution in [3.63, 3.8) is 0 Å². The first-order valence-electron chi connectivity index (χ1n) is 6.56. The second kappa shape index (κ2) is 7.02. The predicted molar refractivity (Wildman–Crippen MR) is 88.6 cm³/mol. The smallest absolute Gasteiger partial charge is 0.354 e. The van der Waals surface area contributed by atoms with Gasteiger partial charge in [-0.1, -0.05) is 53.7 Å². The van der Waals surface area contributed by atoms with Gasteiger partial charge in [0.1, 0.15) is 10.7 Å². The van der Waals surface area contributed by atoms with Crippen molar-refractivity contribution >= 4 is 17.7 Å². The second-order valence-corrected chi connectivity index (χ2v) is 5.77. The van der Waals surface area contributed by atoms with Crippen LogP contribution in [0.3, 0.4) is 0 Å². The highest BCUT2D eigenvalue weighted by Gasteiger charge is 2.11. The average Bonchev–Trinajstić information content (AvgIpc) is 2.53. The van der Waals surface area contributed by atoms with Crippen molar-refractivity contribution in [2.45, 2.75) is 11.8 Å². The fourth-order valence-corrected chi connectivity index (χ4v) is 2.60. The largest absolute Gasteiger partial charge is 0.477 e. The Kier molecular flexibility index (Phi) is 5.08. The summed E-state index contributed by atoms with van der Waals surface area (Å²) in [6.07, 6.45) is 0. The Morgan fingerprint density at radius 3 is 2.00 bits per heavy atom. The van der Waals surface area contributed by atoms with Crippen molar-refractivity contribution in [2.24, 2.45) is 11.6 Å². The molecule has 0 heterocycles. The molecule has 0 unspecified atom stereocenters. The lowest BCUT2D eigenvalue weighted by atomic mass is 10.0. The molecule has 2 aromatic rings. The molecular formula is C16H17N3O2S. The average molecular weight is 315 g/mol. The molecule has 2 rings (SSSR count). The van der Waals surface area contributed by atoms with E-state index in [0.29, 0.717) is 0 Å². The Hall–Kier alpha value is -2.44. The number of carbonyl (C=O) groups is 1. The topological polar surface area (TPSA) is 101 Å². The van der Waals surface area contributed by atoms with Gasteiger partial charge in [-0.15, -0.1) is 0 Å². The Labute approximate surface area is 133 Å². The van der Waals surface area contributed by atoms with Crippen LogP contribution >= 0.6 is 11.8 Å². The van der Waals surface area contributed by atoms with E-state index < -0.39 is 5.97 Å². The molecule has 0 amide bonds. The summed E-state index contributed by atoms with van der Waals surface area (Å²) in [6, 6.07) is 16.0. The number of nitrogens with one attached hydrogen (secondary N) is 1. The fourth-order valence-electron chi connectivity index (χ4n) is 1.84. The summed E-state index contributed by atoms with van der Waals surface area (Å²) in [5.41, 5.74) is 10.9. The van der Waals surface area contributed by atoms with Crippen LogP contribution in [0, 0.1) is 6.92 Å². The zero-order chi connectivity index (χ0) is 16.1. The molecule has 0 atom stereocenters. The Bertz CT molecular complexity index is 694. The second-order valence-electron chi connectivity index (χ2n) is 4.68. The van der Waals surface area contributed by atoms with Crippen LogP contribution in [-0.4, -0.2) is 11.1 Å². The van der Waals surface area contributed by atoms with Crippen LogP contribution in [0.1, 0.15) is 5.56 Å². The molecule has 0 spiro atoms. The molecule has 0 aliphatic rings. The molecule has 0 saturated heterocycles. The van der Waals surface area contributed by atoms with Crippen molar-refractivity contribution in [3.8, 4) is 11.1 Å². The third kappa shape index (κ3) is 3.81. The molecule has 2 aromatic carbocycles. The van der Waals surface area contributed by atoms with E-state index in [1.807, 2.05) is 31.2 Å². The van der Waals surface area contributed by atoms with Crippen molar-refractivity contribution in [1.82, 2.24) is 5.43 Å². The van der Waals surface area contributed by atoms with E-state index in [0.717, 1.165) is 16.0 Å². The minimum absolute atomic E-state index is 0.204. The maximum absolute atomic E-state index is 10.9. The molecule has 0 aliphatic heterocycles. The van der Waals surface area contributed by atoms with Gasteiger partial charge in [-0.2, -0.15) is 0 Å². The fraction of sp³-hybridized carbons (Fsp3) is 0.0625. The van der Waals surface area contributed by atoms with Crippen LogP contribution in [0.2, 0.25) is 0 Å². The van der Waals surface area contributed by atoms with Gasteiger partial charge in [0, 0.05) is 4.90 Å². The minimum Gasteiger partial charge on any atom is -0.477 e. The zero-order valence-corrected chi connectivity index (χ0v) is 12.9. The quantitative estimate of drug-likeness (QED) is 0.292. The van der Waals surface area contributed by atoms with E-state index in [9.17, 15) is 4.79 Å². The number of hydrogen-bond acceptors (Lipinski definition) is 5. The maximum Gasteiger partial charge on any atom is 0.354 e. The normalized spacial score (nSPS) is 11.7. The Morgan fingerprint density at radius 1 is 1.05 bits per heavy atom. The van der Waals surface area contributed by atoms with E-state index in [-0.39, 0.29) is 10.7 Å². The third-order valence-corrected chi connectivity index (χ3v) is 4.12. The number of thioether (sulfide) groups is 1. The van der Waals surface area contributed by atoms with E-state index in [2.05, 4.69) is 29.7 Å². The molecule has 6 heteroatoms. The van der Waals surface area contributed by atoms with Gasteiger partial charge in [-0.3, -0.25) is 0 Å². The zero-order valence-electron chi connectivity index (χ0n) is 12.0. The van der Waals surface area contributed by atoms with Gasteiger partial charge >= 0.3 is 5.97 Å². The first-order chi connectivity index (χ1) is 10.5. The number of aliphatic carboxylic acids is 1. The van der Waals surface area contributed by atoms with Crippen molar-refractivity contribution in [3.05, 3.63) is 64.8 Å². The van der Waals surface area contributed by atoms with Crippen molar-refractivity contribution in [2.75, 3.05) is 0 Å². The lowest BCUT2D eigenvalue weighted by molar-refractivity contribution is -0.132.